The Morgan fingerprint density at radius 1 is 1.25 bits per heavy atom. The molecule has 0 aromatic carbocycles. The maximum absolute atomic E-state index is 5.75. The molecule has 0 aliphatic rings. The van der Waals surface area contributed by atoms with Crippen molar-refractivity contribution < 1.29 is 0 Å². The quantitative estimate of drug-likeness (QED) is 0.833. The van der Waals surface area contributed by atoms with E-state index in [4.69, 9.17) is 17.3 Å². The Morgan fingerprint density at radius 2 is 2.06 bits per heavy atom. The van der Waals surface area contributed by atoms with Crippen molar-refractivity contribution in [3.05, 3.63) is 35.1 Å². The summed E-state index contributed by atoms with van der Waals surface area (Å²) in [7, 11) is 0. The molecule has 0 unspecified atom stereocenters. The minimum absolute atomic E-state index is 0.275. The number of nitrogen functional groups attached to an aromatic ring is 1. The zero-order valence-corrected chi connectivity index (χ0v) is 10.1. The van der Waals surface area contributed by atoms with Gasteiger partial charge in [0.1, 0.15) is 10.1 Å². The number of nitrogens with zero attached hydrogens (tertiary/aromatic N) is 3. The third kappa shape index (κ3) is 2.84. The van der Waals surface area contributed by atoms with Crippen LogP contribution in [0.5, 0.6) is 0 Å². The van der Waals surface area contributed by atoms with E-state index in [1.807, 2.05) is 19.1 Å². The molecule has 0 amide bonds. The third-order valence-corrected chi connectivity index (χ3v) is 2.85. The van der Waals surface area contributed by atoms with Crippen LogP contribution in [0.2, 0.25) is 5.02 Å². The zero-order chi connectivity index (χ0) is 11.5. The number of hydrogen-bond acceptors (Lipinski definition) is 5. The molecule has 6 heteroatoms. The second-order valence-corrected chi connectivity index (χ2v) is 4.60. The first kappa shape index (κ1) is 11.2. The molecule has 2 rings (SSSR count). The predicted molar refractivity (Wildman–Crippen MR) is 64.6 cm³/mol. The summed E-state index contributed by atoms with van der Waals surface area (Å²) in [5, 5.41) is 2.21. The first-order valence-electron chi connectivity index (χ1n) is 4.54. The Balaban J connectivity index is 2.23. The summed E-state index contributed by atoms with van der Waals surface area (Å²) >= 11 is 7.17. The van der Waals surface area contributed by atoms with Gasteiger partial charge < -0.3 is 5.73 Å². The van der Waals surface area contributed by atoms with Crippen LogP contribution in [0.15, 0.2) is 34.4 Å². The molecular formula is C10H9ClN4S. The van der Waals surface area contributed by atoms with Gasteiger partial charge in [0.2, 0.25) is 5.95 Å². The third-order valence-electron chi connectivity index (χ3n) is 1.76. The molecule has 2 aromatic rings. The molecule has 0 radical (unpaired) electrons. The summed E-state index contributed by atoms with van der Waals surface area (Å²) in [6.07, 6.45) is 1.60. The molecule has 0 aliphatic carbocycles. The van der Waals surface area contributed by atoms with E-state index in [0.29, 0.717) is 5.02 Å². The van der Waals surface area contributed by atoms with E-state index >= 15 is 0 Å². The molecule has 16 heavy (non-hydrogen) atoms. The van der Waals surface area contributed by atoms with Gasteiger partial charge in [-0.05, 0) is 36.9 Å². The molecule has 82 valence electrons. The van der Waals surface area contributed by atoms with Crippen LogP contribution in [-0.2, 0) is 0 Å². The van der Waals surface area contributed by atoms with Crippen molar-refractivity contribution in [3.8, 4) is 0 Å². The number of aryl methyl sites for hydroxylation is 1. The highest BCUT2D eigenvalue weighted by Crippen LogP contribution is 2.25. The average Bonchev–Trinajstić information content (AvgIpc) is 2.20. The molecule has 4 nitrogen and oxygen atoms in total. The summed E-state index contributed by atoms with van der Waals surface area (Å²) in [5.74, 6) is 0.275. The van der Waals surface area contributed by atoms with Crippen LogP contribution in [0.25, 0.3) is 0 Å². The number of pyridine rings is 1. The Hall–Kier alpha value is -1.33. The monoisotopic (exact) mass is 252 g/mol. The van der Waals surface area contributed by atoms with Crippen molar-refractivity contribution in [2.24, 2.45) is 0 Å². The van der Waals surface area contributed by atoms with Crippen molar-refractivity contribution in [1.29, 1.82) is 0 Å². The van der Waals surface area contributed by atoms with Crippen molar-refractivity contribution >= 4 is 29.3 Å². The van der Waals surface area contributed by atoms with Gasteiger partial charge in [-0.25, -0.2) is 15.0 Å². The Bertz CT molecular complexity index is 480. The summed E-state index contributed by atoms with van der Waals surface area (Å²) in [6.45, 7) is 1.87. The molecule has 0 bridgehead atoms. The maximum atomic E-state index is 5.75. The highest BCUT2D eigenvalue weighted by molar-refractivity contribution is 7.99. The van der Waals surface area contributed by atoms with Crippen molar-refractivity contribution in [2.45, 2.75) is 17.0 Å². The van der Waals surface area contributed by atoms with E-state index in [-0.39, 0.29) is 5.95 Å². The molecule has 0 atom stereocenters. The second kappa shape index (κ2) is 4.67. The molecular weight excluding hydrogens is 244 g/mol. The lowest BCUT2D eigenvalue weighted by molar-refractivity contribution is 1.02. The largest absolute Gasteiger partial charge is 0.368 e. The molecule has 0 spiro atoms. The number of rotatable bonds is 2. The van der Waals surface area contributed by atoms with Gasteiger partial charge in [0.05, 0.1) is 5.02 Å². The van der Waals surface area contributed by atoms with Gasteiger partial charge >= 0.3 is 0 Å². The molecule has 0 fully saturated rings. The first-order valence-corrected chi connectivity index (χ1v) is 5.73. The summed E-state index contributed by atoms with van der Waals surface area (Å²) in [4.78, 5) is 12.3. The number of hydrogen-bond donors (Lipinski definition) is 1. The molecule has 2 N–H and O–H groups in total. The van der Waals surface area contributed by atoms with Gasteiger partial charge in [0.15, 0.2) is 0 Å². The van der Waals surface area contributed by atoms with Crippen LogP contribution >= 0.6 is 23.4 Å². The number of nitrogens with two attached hydrogens (primary N) is 1. The normalized spacial score (nSPS) is 10.4. The smallest absolute Gasteiger partial charge is 0.221 e. The second-order valence-electron chi connectivity index (χ2n) is 3.12. The Kier molecular flexibility index (Phi) is 3.26. The van der Waals surface area contributed by atoms with Crippen molar-refractivity contribution in [3.63, 3.8) is 0 Å². The summed E-state index contributed by atoms with van der Waals surface area (Å²) in [5.41, 5.74) is 6.40. The van der Waals surface area contributed by atoms with E-state index in [1.165, 1.54) is 11.8 Å². The summed E-state index contributed by atoms with van der Waals surface area (Å²) < 4.78 is 0. The first-order chi connectivity index (χ1) is 7.63. The van der Waals surface area contributed by atoms with E-state index in [9.17, 15) is 0 Å². The lowest BCUT2D eigenvalue weighted by Gasteiger charge is -2.02. The van der Waals surface area contributed by atoms with E-state index < -0.39 is 0 Å². The van der Waals surface area contributed by atoms with E-state index in [2.05, 4.69) is 15.0 Å². The molecule has 0 saturated heterocycles. The predicted octanol–water partition coefficient (Wildman–Crippen LogP) is 2.57. The lowest BCUT2D eigenvalue weighted by Crippen LogP contribution is -1.97. The number of halogens is 1. The van der Waals surface area contributed by atoms with E-state index in [0.717, 1.165) is 15.7 Å². The molecule has 0 saturated carbocycles. The summed E-state index contributed by atoms with van der Waals surface area (Å²) in [6, 6.07) is 5.48. The standard InChI is InChI=1S/C10H9ClN4S/c1-6-4-9(15-10(12)14-6)16-8-3-2-7(11)5-13-8/h2-5H,1H3,(H2,12,14,15). The molecule has 2 heterocycles. The van der Waals surface area contributed by atoms with Gasteiger partial charge in [-0.2, -0.15) is 0 Å². The van der Waals surface area contributed by atoms with Crippen LogP contribution in [-0.4, -0.2) is 15.0 Å². The van der Waals surface area contributed by atoms with Gasteiger partial charge in [-0.1, -0.05) is 11.6 Å². The minimum atomic E-state index is 0.275. The van der Waals surface area contributed by atoms with Crippen molar-refractivity contribution in [1.82, 2.24) is 15.0 Å². The highest BCUT2D eigenvalue weighted by atomic mass is 35.5. The highest BCUT2D eigenvalue weighted by Gasteiger charge is 2.03. The van der Waals surface area contributed by atoms with Crippen LogP contribution in [0, 0.1) is 6.92 Å². The van der Waals surface area contributed by atoms with Gasteiger partial charge in [-0.3, -0.25) is 0 Å². The maximum Gasteiger partial charge on any atom is 0.221 e. The topological polar surface area (TPSA) is 64.7 Å². The van der Waals surface area contributed by atoms with Crippen molar-refractivity contribution in [2.75, 3.05) is 5.73 Å². The molecule has 2 aromatic heterocycles. The lowest BCUT2D eigenvalue weighted by atomic mass is 10.5. The van der Waals surface area contributed by atoms with Crippen LogP contribution in [0.1, 0.15) is 5.69 Å². The van der Waals surface area contributed by atoms with Gasteiger partial charge in [0, 0.05) is 11.9 Å². The van der Waals surface area contributed by atoms with Gasteiger partial charge in [-0.15, -0.1) is 0 Å². The van der Waals surface area contributed by atoms with Crippen LogP contribution in [0.4, 0.5) is 5.95 Å². The Morgan fingerprint density at radius 3 is 2.69 bits per heavy atom. The van der Waals surface area contributed by atoms with Gasteiger partial charge in [0.25, 0.3) is 0 Å². The van der Waals surface area contributed by atoms with E-state index in [1.54, 1.807) is 12.3 Å². The SMILES string of the molecule is Cc1cc(Sc2ccc(Cl)cn2)nc(N)n1. The molecule has 0 aliphatic heterocycles. The average molecular weight is 253 g/mol. The zero-order valence-electron chi connectivity index (χ0n) is 8.51. The Labute approximate surface area is 102 Å². The fraction of sp³-hybridized carbons (Fsp3) is 0.100. The number of aromatic nitrogens is 3. The number of anilines is 1. The van der Waals surface area contributed by atoms with Crippen LogP contribution < -0.4 is 5.73 Å². The fourth-order valence-corrected chi connectivity index (χ4v) is 2.08. The van der Waals surface area contributed by atoms with Crippen LogP contribution in [0.3, 0.4) is 0 Å². The fourth-order valence-electron chi connectivity index (χ4n) is 1.14. The minimum Gasteiger partial charge on any atom is -0.368 e.